The molecule has 0 fully saturated rings. The number of hydrogen-bond acceptors (Lipinski definition) is 8. The lowest BCUT2D eigenvalue weighted by molar-refractivity contribution is 0.0958. The summed E-state index contributed by atoms with van der Waals surface area (Å²) < 4.78 is 38.7. The van der Waals surface area contributed by atoms with Gasteiger partial charge in [0.15, 0.2) is 11.5 Å². The molecule has 1 amide bonds. The van der Waals surface area contributed by atoms with E-state index in [1.54, 1.807) is 20.2 Å². The first-order valence-corrected chi connectivity index (χ1v) is 7.55. The van der Waals surface area contributed by atoms with Crippen molar-refractivity contribution in [3.63, 3.8) is 0 Å². The number of nitrogens with one attached hydrogen (secondary N) is 2. The number of nitrogens with zero attached hydrogens (tertiary/aromatic N) is 7. The molecular formula is C16H17N9O. The number of aryl methyl sites for hydroxylation is 1. The van der Waals surface area contributed by atoms with Crippen molar-refractivity contribution >= 4 is 23.1 Å². The van der Waals surface area contributed by atoms with Gasteiger partial charge in [-0.2, -0.15) is 20.1 Å². The first kappa shape index (κ1) is 11.1. The van der Waals surface area contributed by atoms with Gasteiger partial charge in [0.2, 0.25) is 0 Å². The van der Waals surface area contributed by atoms with Crippen molar-refractivity contribution in [1.29, 1.82) is 0 Å². The van der Waals surface area contributed by atoms with Gasteiger partial charge < -0.3 is 15.5 Å². The van der Waals surface area contributed by atoms with E-state index in [4.69, 9.17) is 6.85 Å². The average molecular weight is 356 g/mol. The van der Waals surface area contributed by atoms with Crippen LogP contribution in [0.2, 0.25) is 0 Å². The zero-order chi connectivity index (χ0) is 22.6. The van der Waals surface area contributed by atoms with Crippen molar-refractivity contribution in [2.24, 2.45) is 7.05 Å². The number of anilines is 3. The fourth-order valence-corrected chi connectivity index (χ4v) is 2.74. The largest absolute Gasteiger partial charge is 0.365 e. The standard InChI is InChI=1S/C16H17N9O/c1-17-16(26)13-10(5-7-19-21-13)20-15-14-9(4-6-18-15)12-11(8-24(14)2)22-25(3)23-12/h4-7H,8H2,1-3H3,(H,17,26)(H,18,19,20)/i1D3,8D2. The smallest absolute Gasteiger partial charge is 0.273 e. The van der Waals surface area contributed by atoms with E-state index in [-0.39, 0.29) is 22.9 Å². The molecule has 3 aromatic rings. The van der Waals surface area contributed by atoms with Crippen LogP contribution >= 0.6 is 0 Å². The minimum Gasteiger partial charge on any atom is -0.365 e. The maximum atomic E-state index is 12.4. The maximum Gasteiger partial charge on any atom is 0.273 e. The van der Waals surface area contributed by atoms with Gasteiger partial charge in [0, 0.05) is 36.9 Å². The monoisotopic (exact) mass is 356 g/mol. The molecule has 0 saturated carbocycles. The second kappa shape index (κ2) is 6.06. The number of amides is 1. The molecule has 0 saturated heterocycles. The number of aromatic nitrogens is 6. The van der Waals surface area contributed by atoms with Crippen molar-refractivity contribution in [2.45, 2.75) is 6.50 Å². The zero-order valence-electron chi connectivity index (χ0n) is 18.8. The summed E-state index contributed by atoms with van der Waals surface area (Å²) in [6, 6.07) is 3.13. The van der Waals surface area contributed by atoms with E-state index in [0.29, 0.717) is 16.9 Å². The maximum absolute atomic E-state index is 12.4. The Morgan fingerprint density at radius 2 is 2.19 bits per heavy atom. The Kier molecular flexibility index (Phi) is 2.60. The highest BCUT2D eigenvalue weighted by Gasteiger charge is 2.27. The van der Waals surface area contributed by atoms with Gasteiger partial charge in [-0.25, -0.2) is 4.98 Å². The number of rotatable bonds is 3. The number of fused-ring (bicyclic) bond motifs is 3. The quantitative estimate of drug-likeness (QED) is 0.706. The van der Waals surface area contributed by atoms with Gasteiger partial charge in [-0.1, -0.05) is 0 Å². The topological polar surface area (TPSA) is 114 Å². The molecule has 0 spiro atoms. The van der Waals surface area contributed by atoms with Gasteiger partial charge in [-0.05, 0) is 12.1 Å². The molecule has 3 aromatic heterocycles. The predicted octanol–water partition coefficient (Wildman–Crippen LogP) is 0.720. The van der Waals surface area contributed by atoms with E-state index in [9.17, 15) is 4.79 Å². The molecule has 0 unspecified atom stereocenters. The predicted molar refractivity (Wildman–Crippen MR) is 95.0 cm³/mol. The fraction of sp³-hybridized carbons (Fsp3) is 0.250. The summed E-state index contributed by atoms with van der Waals surface area (Å²) in [6.45, 7) is -4.68. The van der Waals surface area contributed by atoms with E-state index in [1.807, 2.05) is 5.32 Å². The van der Waals surface area contributed by atoms with Crippen molar-refractivity contribution in [3.8, 4) is 11.3 Å². The molecule has 0 atom stereocenters. The van der Waals surface area contributed by atoms with E-state index >= 15 is 0 Å². The molecule has 2 N–H and O–H groups in total. The van der Waals surface area contributed by atoms with Gasteiger partial charge >= 0.3 is 0 Å². The Balaban J connectivity index is 1.80. The molecule has 0 aromatic carbocycles. The third-order valence-corrected chi connectivity index (χ3v) is 3.80. The second-order valence-corrected chi connectivity index (χ2v) is 5.49. The van der Waals surface area contributed by atoms with E-state index in [0.717, 1.165) is 0 Å². The summed E-state index contributed by atoms with van der Waals surface area (Å²) in [7, 11) is 3.16. The molecule has 26 heavy (non-hydrogen) atoms. The molecule has 4 heterocycles. The van der Waals surface area contributed by atoms with E-state index in [2.05, 4.69) is 30.7 Å². The van der Waals surface area contributed by atoms with Crippen LogP contribution in [-0.2, 0) is 13.5 Å². The molecule has 10 nitrogen and oxygen atoms in total. The Labute approximate surface area is 156 Å². The normalized spacial score (nSPS) is 17.6. The van der Waals surface area contributed by atoms with Crippen LogP contribution < -0.4 is 15.5 Å². The van der Waals surface area contributed by atoms with Crippen molar-refractivity contribution in [1.82, 2.24) is 35.5 Å². The molecule has 4 rings (SSSR count). The molecule has 1 aliphatic rings. The molecule has 0 aliphatic carbocycles. The Morgan fingerprint density at radius 3 is 3.04 bits per heavy atom. The van der Waals surface area contributed by atoms with Crippen LogP contribution in [0.4, 0.5) is 17.2 Å². The third kappa shape index (κ3) is 2.51. The van der Waals surface area contributed by atoms with E-state index < -0.39 is 19.4 Å². The van der Waals surface area contributed by atoms with E-state index in [1.165, 1.54) is 28.2 Å². The summed E-state index contributed by atoms with van der Waals surface area (Å²) in [5.41, 5.74) is 1.43. The van der Waals surface area contributed by atoms with Crippen LogP contribution in [0.5, 0.6) is 0 Å². The van der Waals surface area contributed by atoms with Crippen LogP contribution in [0.3, 0.4) is 0 Å². The molecule has 0 radical (unpaired) electrons. The average Bonchev–Trinajstić information content (AvgIpc) is 3.08. The lowest BCUT2D eigenvalue weighted by Gasteiger charge is -2.27. The highest BCUT2D eigenvalue weighted by Crippen LogP contribution is 2.41. The minimum atomic E-state index is -2.70. The van der Waals surface area contributed by atoms with Crippen molar-refractivity contribution in [3.05, 3.63) is 35.9 Å². The second-order valence-electron chi connectivity index (χ2n) is 5.49. The molecule has 1 aliphatic heterocycles. The highest BCUT2D eigenvalue weighted by atomic mass is 16.1. The number of carbonyl (C=O) groups excluding carboxylic acids is 1. The molecular weight excluding hydrogens is 334 g/mol. The third-order valence-electron chi connectivity index (χ3n) is 3.80. The Hall–Kier alpha value is -3.56. The lowest BCUT2D eigenvalue weighted by Crippen LogP contribution is -2.24. The van der Waals surface area contributed by atoms with Crippen LogP contribution in [0, 0.1) is 0 Å². The van der Waals surface area contributed by atoms with Crippen LogP contribution in [-0.4, -0.2) is 50.1 Å². The minimum absolute atomic E-state index is 0.150. The van der Waals surface area contributed by atoms with Gasteiger partial charge in [-0.3, -0.25) is 4.79 Å². The number of carbonyl (C=O) groups is 1. The zero-order valence-corrected chi connectivity index (χ0v) is 13.8. The summed E-state index contributed by atoms with van der Waals surface area (Å²) in [6.07, 6.45) is 2.83. The lowest BCUT2D eigenvalue weighted by atomic mass is 10.0. The summed E-state index contributed by atoms with van der Waals surface area (Å²) in [4.78, 5) is 19.3. The summed E-state index contributed by atoms with van der Waals surface area (Å²) in [5.74, 6) is -0.726. The van der Waals surface area contributed by atoms with Gasteiger partial charge in [0.05, 0.1) is 26.8 Å². The van der Waals surface area contributed by atoms with Gasteiger partial charge in [-0.15, -0.1) is 5.10 Å². The molecule has 132 valence electrons. The van der Waals surface area contributed by atoms with Crippen LogP contribution in [0.25, 0.3) is 11.3 Å². The first-order chi connectivity index (χ1) is 14.5. The highest BCUT2D eigenvalue weighted by molar-refractivity contribution is 5.99. The van der Waals surface area contributed by atoms with Crippen molar-refractivity contribution < 1.29 is 11.6 Å². The SMILES string of the molecule is [2H]C([2H])([2H])NC(=O)c1nnccc1Nc1nccc2c1N(C)C([2H])([2H])c1nn(C)nc1-2. The summed E-state index contributed by atoms with van der Waals surface area (Å²) in [5, 5.41) is 20.7. The number of hydrogen-bond donors (Lipinski definition) is 2. The molecule has 0 bridgehead atoms. The Bertz CT molecular complexity index is 1180. The molecule has 10 heteroatoms. The van der Waals surface area contributed by atoms with Crippen LogP contribution in [0.1, 0.15) is 23.0 Å². The Morgan fingerprint density at radius 1 is 1.31 bits per heavy atom. The summed E-state index contributed by atoms with van der Waals surface area (Å²) >= 11 is 0. The number of pyridine rings is 1. The van der Waals surface area contributed by atoms with Crippen LogP contribution in [0.15, 0.2) is 24.5 Å². The first-order valence-electron chi connectivity index (χ1n) is 10.1. The van der Waals surface area contributed by atoms with Crippen molar-refractivity contribution in [2.75, 3.05) is 24.2 Å². The van der Waals surface area contributed by atoms with Gasteiger partial charge in [0.1, 0.15) is 11.4 Å². The fourth-order valence-electron chi connectivity index (χ4n) is 2.74. The van der Waals surface area contributed by atoms with Gasteiger partial charge in [0.25, 0.3) is 5.91 Å².